The number of aromatic nitrogens is 1. The van der Waals surface area contributed by atoms with Crippen LogP contribution < -0.4 is 16.0 Å². The molecule has 324 valence electrons. The SMILES string of the molecule is C/C=C(\NC(C)[C@@H]1CCCN1C(=O)[C@H](NC(=O)C1CC1)c1ccccc1)c1ccc(-c2ccc(-c3csc([C@@H]4CCCN4C(=O)[C@H](NC(=O)C4CC4)c4ccccc4)n3)cc2)cc1. The van der Waals surface area contributed by atoms with Gasteiger partial charge in [0, 0.05) is 47.6 Å². The van der Waals surface area contributed by atoms with Gasteiger partial charge in [0.15, 0.2) is 0 Å². The fourth-order valence-electron chi connectivity index (χ4n) is 9.21. The number of amides is 4. The lowest BCUT2D eigenvalue weighted by molar-refractivity contribution is -0.138. The molecule has 3 N–H and O–H groups in total. The van der Waals surface area contributed by atoms with Crippen LogP contribution in [0.4, 0.5) is 0 Å². The summed E-state index contributed by atoms with van der Waals surface area (Å²) in [5.41, 5.74) is 7.78. The minimum absolute atomic E-state index is 0.0108. The second kappa shape index (κ2) is 18.7. The molecule has 5 atom stereocenters. The summed E-state index contributed by atoms with van der Waals surface area (Å²) in [4.78, 5) is 63.0. The first-order valence-corrected chi connectivity index (χ1v) is 23.5. The molecule has 2 saturated carbocycles. The maximum Gasteiger partial charge on any atom is 0.250 e. The summed E-state index contributed by atoms with van der Waals surface area (Å²) in [7, 11) is 0. The van der Waals surface area contributed by atoms with Crippen molar-refractivity contribution in [3.8, 4) is 22.4 Å². The van der Waals surface area contributed by atoms with Crippen LogP contribution in [-0.2, 0) is 19.2 Å². The Morgan fingerprint density at radius 3 is 1.70 bits per heavy atom. The average molecular weight is 861 g/mol. The predicted octanol–water partition coefficient (Wildman–Crippen LogP) is 9.01. The third-order valence-corrected chi connectivity index (χ3v) is 14.1. The first-order chi connectivity index (χ1) is 30.7. The number of carbonyl (C=O) groups excluding carboxylic acids is 4. The van der Waals surface area contributed by atoms with Crippen LogP contribution in [0.15, 0.2) is 121 Å². The van der Waals surface area contributed by atoms with Crippen molar-refractivity contribution in [2.45, 2.75) is 95.4 Å². The van der Waals surface area contributed by atoms with Crippen molar-refractivity contribution in [1.82, 2.24) is 30.7 Å². The molecule has 10 nitrogen and oxygen atoms in total. The third kappa shape index (κ3) is 9.49. The predicted molar refractivity (Wildman–Crippen MR) is 248 cm³/mol. The van der Waals surface area contributed by atoms with Crippen molar-refractivity contribution >= 4 is 40.7 Å². The van der Waals surface area contributed by atoms with E-state index in [0.29, 0.717) is 13.1 Å². The molecule has 2 saturated heterocycles. The first kappa shape index (κ1) is 42.2. The molecule has 4 aliphatic rings. The van der Waals surface area contributed by atoms with Crippen molar-refractivity contribution in [1.29, 1.82) is 0 Å². The van der Waals surface area contributed by atoms with Crippen LogP contribution in [0.25, 0.3) is 28.1 Å². The van der Waals surface area contributed by atoms with Crippen molar-refractivity contribution in [3.05, 3.63) is 142 Å². The van der Waals surface area contributed by atoms with E-state index in [4.69, 9.17) is 4.98 Å². The Morgan fingerprint density at radius 1 is 0.635 bits per heavy atom. The molecule has 0 spiro atoms. The highest BCUT2D eigenvalue weighted by Crippen LogP contribution is 2.39. The van der Waals surface area contributed by atoms with Gasteiger partial charge in [-0.1, -0.05) is 115 Å². The van der Waals surface area contributed by atoms with Crippen molar-refractivity contribution in [2.75, 3.05) is 13.1 Å². The van der Waals surface area contributed by atoms with E-state index in [1.165, 1.54) is 0 Å². The summed E-state index contributed by atoms with van der Waals surface area (Å²) in [5.74, 6) is -0.167. The van der Waals surface area contributed by atoms with E-state index in [0.717, 1.165) is 101 Å². The summed E-state index contributed by atoms with van der Waals surface area (Å²) in [6.07, 6.45) is 9.15. The van der Waals surface area contributed by atoms with E-state index in [1.54, 1.807) is 11.3 Å². The molecule has 5 aromatic rings. The molecular formula is C52H56N6O4S. The van der Waals surface area contributed by atoms with E-state index >= 15 is 0 Å². The Bertz CT molecular complexity index is 2450. The fourth-order valence-corrected chi connectivity index (χ4v) is 10.2. The van der Waals surface area contributed by atoms with Gasteiger partial charge in [0.2, 0.25) is 23.6 Å². The van der Waals surface area contributed by atoms with Crippen LogP contribution in [0.2, 0.25) is 0 Å². The Kier molecular flexibility index (Phi) is 12.6. The Balaban J connectivity index is 0.835. The minimum Gasteiger partial charge on any atom is -0.380 e. The third-order valence-electron chi connectivity index (χ3n) is 13.1. The van der Waals surface area contributed by atoms with Crippen LogP contribution in [0, 0.1) is 11.8 Å². The van der Waals surface area contributed by atoms with Crippen molar-refractivity contribution in [3.63, 3.8) is 0 Å². The Morgan fingerprint density at radius 2 is 1.14 bits per heavy atom. The van der Waals surface area contributed by atoms with E-state index in [1.807, 2.05) is 77.4 Å². The summed E-state index contributed by atoms with van der Waals surface area (Å²) in [5, 5.41) is 12.9. The van der Waals surface area contributed by atoms with Gasteiger partial charge in [0.05, 0.1) is 17.8 Å². The second-order valence-electron chi connectivity index (χ2n) is 17.5. The number of likely N-dealkylation sites (tertiary alicyclic amines) is 2. The van der Waals surface area contributed by atoms with Gasteiger partial charge in [0.25, 0.3) is 0 Å². The van der Waals surface area contributed by atoms with Gasteiger partial charge >= 0.3 is 0 Å². The van der Waals surface area contributed by atoms with Gasteiger partial charge in [-0.25, -0.2) is 4.98 Å². The molecule has 0 bridgehead atoms. The summed E-state index contributed by atoms with van der Waals surface area (Å²) < 4.78 is 0. The molecule has 4 aromatic carbocycles. The first-order valence-electron chi connectivity index (χ1n) is 22.7. The standard InChI is InChI=1S/C52H56N6O4S/c1-3-42(53-33(2)44-16-10-30-57(44)51(61)46(38-12-6-4-7-13-38)55-48(59)40-26-27-40)36-22-18-34(19-23-36)35-20-24-37(25-21-35)43-32-63-50(54-43)45-17-11-31-58(45)52(62)47(39-14-8-5-9-15-39)56-49(60)41-28-29-41/h3-9,12-15,18-25,32-33,40-41,44-47,53H,10-11,16-17,26-31H2,1-2H3,(H,55,59)(H,56,60)/b42-3-/t33?,44-,45-,46+,47+/m0/s1. The fraction of sp³-hybridized carbons (Fsp3) is 0.365. The number of carbonyl (C=O) groups is 4. The van der Waals surface area contributed by atoms with E-state index in [2.05, 4.69) is 82.9 Å². The minimum atomic E-state index is -0.711. The average Bonchev–Trinajstić information content (AvgIpc) is 4.20. The highest BCUT2D eigenvalue weighted by atomic mass is 32.1. The number of nitrogens with zero attached hydrogens (tertiary/aromatic N) is 3. The molecule has 11 heteroatoms. The molecule has 63 heavy (non-hydrogen) atoms. The largest absolute Gasteiger partial charge is 0.380 e. The molecular weight excluding hydrogens is 805 g/mol. The van der Waals surface area contributed by atoms with Crippen molar-refractivity contribution in [2.24, 2.45) is 11.8 Å². The number of benzene rings is 4. The highest BCUT2D eigenvalue weighted by molar-refractivity contribution is 7.10. The quantitative estimate of drug-likeness (QED) is 0.0966. The van der Waals surface area contributed by atoms with E-state index < -0.39 is 12.1 Å². The summed E-state index contributed by atoms with van der Waals surface area (Å²) in [6, 6.07) is 34.6. The molecule has 2 aliphatic carbocycles. The van der Waals surface area contributed by atoms with Gasteiger partial charge in [-0.3, -0.25) is 19.2 Å². The summed E-state index contributed by atoms with van der Waals surface area (Å²) in [6.45, 7) is 5.47. The lowest BCUT2D eigenvalue weighted by Crippen LogP contribution is -2.51. The van der Waals surface area contributed by atoms with Crippen LogP contribution >= 0.6 is 11.3 Å². The zero-order valence-corrected chi connectivity index (χ0v) is 36.9. The topological polar surface area (TPSA) is 124 Å². The second-order valence-corrected chi connectivity index (χ2v) is 18.4. The van der Waals surface area contributed by atoms with Gasteiger partial charge in [-0.05, 0) is 93.0 Å². The zero-order valence-electron chi connectivity index (χ0n) is 36.0. The normalized spacial score (nSPS) is 20.2. The van der Waals surface area contributed by atoms with Crippen LogP contribution in [0.1, 0.15) is 105 Å². The highest BCUT2D eigenvalue weighted by Gasteiger charge is 2.41. The van der Waals surface area contributed by atoms with Crippen LogP contribution in [0.5, 0.6) is 0 Å². The molecule has 1 unspecified atom stereocenters. The Hall–Kier alpha value is -6.07. The number of hydrogen-bond donors (Lipinski definition) is 3. The molecule has 4 fully saturated rings. The van der Waals surface area contributed by atoms with Crippen LogP contribution in [-0.4, -0.2) is 63.6 Å². The maximum atomic E-state index is 14.2. The molecule has 4 amide bonds. The maximum absolute atomic E-state index is 14.2. The molecule has 0 radical (unpaired) electrons. The van der Waals surface area contributed by atoms with Gasteiger partial charge < -0.3 is 25.8 Å². The van der Waals surface area contributed by atoms with Gasteiger partial charge in [0.1, 0.15) is 17.1 Å². The molecule has 1 aromatic heterocycles. The lowest BCUT2D eigenvalue weighted by atomic mass is 10.00. The monoisotopic (exact) mass is 860 g/mol. The number of allylic oxidation sites excluding steroid dienone is 1. The van der Waals surface area contributed by atoms with Gasteiger partial charge in [-0.15, -0.1) is 11.3 Å². The number of thiazole rings is 1. The number of rotatable bonds is 15. The molecule has 9 rings (SSSR count). The van der Waals surface area contributed by atoms with E-state index in [-0.39, 0.29) is 53.6 Å². The van der Waals surface area contributed by atoms with E-state index in [9.17, 15) is 19.2 Å². The molecule has 3 heterocycles. The number of nitrogens with one attached hydrogen (secondary N) is 3. The molecule has 2 aliphatic heterocycles. The lowest BCUT2D eigenvalue weighted by Gasteiger charge is -2.34. The Labute approximate surface area is 374 Å². The number of hydrogen-bond acceptors (Lipinski definition) is 7. The van der Waals surface area contributed by atoms with Crippen molar-refractivity contribution < 1.29 is 19.2 Å². The van der Waals surface area contributed by atoms with Crippen LogP contribution in [0.3, 0.4) is 0 Å². The zero-order chi connectivity index (χ0) is 43.5. The smallest absolute Gasteiger partial charge is 0.250 e. The summed E-state index contributed by atoms with van der Waals surface area (Å²) >= 11 is 1.59. The van der Waals surface area contributed by atoms with Gasteiger partial charge in [-0.2, -0.15) is 0 Å².